The van der Waals surface area contributed by atoms with E-state index in [0.29, 0.717) is 31.5 Å². The molecule has 4 amide bonds. The van der Waals surface area contributed by atoms with Crippen LogP contribution in [-0.4, -0.2) is 128 Å². The molecule has 256 valence electrons. The monoisotopic (exact) mass is 724 g/mol. The maximum atomic E-state index is 13.4. The van der Waals surface area contributed by atoms with Crippen LogP contribution in [0.5, 0.6) is 0 Å². The molecule has 17 nitrogen and oxygen atoms in total. The molecule has 0 radical (unpaired) electrons. The number of hydrogen-bond donors (Lipinski definition) is 4. The number of nitrogens with zero attached hydrogens (tertiary/aromatic N) is 4. The Hall–Kier alpha value is -4.49. The fourth-order valence-electron chi connectivity index (χ4n) is 6.11. The SMILES string of the molecule is CC1OC(=O)OC1COC(=O)N1CCC(N2CC/C(=C\C3=C(C(=O)O)N4C(=O)[C@@H](NC(=O)/C(=N\O)c5cc(N)sc5Cl)[C@H]4SC3)C2=O)C1. The van der Waals surface area contributed by atoms with Crippen molar-refractivity contribution in [2.45, 2.75) is 49.4 Å². The number of oxime groups is 1. The summed E-state index contributed by atoms with van der Waals surface area (Å²) in [5, 5.41) is 24.6. The Kier molecular flexibility index (Phi) is 9.18. The Morgan fingerprint density at radius 1 is 1.25 bits per heavy atom. The van der Waals surface area contributed by atoms with Gasteiger partial charge in [0.15, 0.2) is 11.8 Å². The number of β-lactam (4-membered cyclic amide) rings is 1. The fourth-order valence-corrected chi connectivity index (χ4v) is 8.48. The number of cyclic esters (lactones) is 2. The number of rotatable bonds is 8. The number of thioether (sulfide) groups is 1. The van der Waals surface area contributed by atoms with Gasteiger partial charge in [0.1, 0.15) is 34.2 Å². The number of likely N-dealkylation sites (tertiary alicyclic amines) is 2. The number of carbonyl (C=O) groups is 6. The molecular weight excluding hydrogens is 696 g/mol. The number of allylic oxidation sites excluding steroid dienone is 1. The molecule has 1 aromatic rings. The Balaban J connectivity index is 1.08. The van der Waals surface area contributed by atoms with Crippen LogP contribution in [0.4, 0.5) is 14.6 Å². The van der Waals surface area contributed by atoms with Crippen LogP contribution in [0.2, 0.25) is 4.34 Å². The number of thiophene rings is 1. The van der Waals surface area contributed by atoms with Gasteiger partial charge in [-0.25, -0.2) is 14.4 Å². The molecule has 5 aliphatic heterocycles. The number of ether oxygens (including phenoxy) is 3. The molecule has 6 rings (SSSR count). The lowest BCUT2D eigenvalue weighted by Gasteiger charge is -2.49. The zero-order valence-electron chi connectivity index (χ0n) is 25.1. The lowest BCUT2D eigenvalue weighted by molar-refractivity contribution is -0.150. The molecule has 5 N–H and O–H groups in total. The first-order valence-corrected chi connectivity index (χ1v) is 16.9. The number of nitrogens with one attached hydrogen (secondary N) is 1. The van der Waals surface area contributed by atoms with Gasteiger partial charge in [-0.15, -0.1) is 23.1 Å². The van der Waals surface area contributed by atoms with Crippen molar-refractivity contribution < 1.29 is 53.3 Å². The Bertz CT molecular complexity index is 1690. The lowest BCUT2D eigenvalue weighted by Crippen LogP contribution is -2.71. The standard InChI is InChI=1S/C28H29ClN6O11S2/c1-11-16(46-28(42)45-11)9-44-27(41)33-4-3-14(8-33)34-5-2-12(23(34)37)6-13-10-47-25-19(24(38)35(25)20(13)26(39)40)31-22(36)18(32-43)15-7-17(30)48-21(15)29/h6-7,11,14,16,19,25,43H,2-5,8-10,30H2,1H3,(H,31,36)(H,39,40)/b12-6+,32-18-/t11?,14?,16?,19-,25-/m1/s1. The van der Waals surface area contributed by atoms with E-state index in [1.54, 1.807) is 11.8 Å². The van der Waals surface area contributed by atoms with Crippen LogP contribution in [0.1, 0.15) is 25.3 Å². The molecule has 48 heavy (non-hydrogen) atoms. The third-order valence-corrected chi connectivity index (χ3v) is 11.0. The smallest absolute Gasteiger partial charge is 0.477 e. The number of carbonyl (C=O) groups excluding carboxylic acids is 5. The van der Waals surface area contributed by atoms with Crippen LogP contribution in [0.25, 0.3) is 0 Å². The summed E-state index contributed by atoms with van der Waals surface area (Å²) in [4.78, 5) is 79.9. The summed E-state index contributed by atoms with van der Waals surface area (Å²) < 4.78 is 15.2. The van der Waals surface area contributed by atoms with Crippen LogP contribution < -0.4 is 11.1 Å². The molecule has 0 aromatic carbocycles. The molecule has 6 heterocycles. The normalized spacial score (nSPS) is 28.0. The van der Waals surface area contributed by atoms with Crippen LogP contribution in [-0.2, 0) is 33.4 Å². The minimum atomic E-state index is -1.37. The Labute approximate surface area is 285 Å². The highest BCUT2D eigenvalue weighted by atomic mass is 35.5. The van der Waals surface area contributed by atoms with Gasteiger partial charge in [0.2, 0.25) is 5.91 Å². The van der Waals surface area contributed by atoms with E-state index in [2.05, 4.69) is 10.5 Å². The van der Waals surface area contributed by atoms with Crippen LogP contribution in [0.15, 0.2) is 34.1 Å². The van der Waals surface area contributed by atoms with Gasteiger partial charge in [0.05, 0.1) is 11.0 Å². The van der Waals surface area contributed by atoms with Crippen molar-refractivity contribution in [3.8, 4) is 0 Å². The summed E-state index contributed by atoms with van der Waals surface area (Å²) in [6, 6.07) is -0.0355. The van der Waals surface area contributed by atoms with Gasteiger partial charge >= 0.3 is 18.2 Å². The predicted molar refractivity (Wildman–Crippen MR) is 168 cm³/mol. The summed E-state index contributed by atoms with van der Waals surface area (Å²) in [5.74, 6) is -3.12. The minimum Gasteiger partial charge on any atom is -0.477 e. The highest BCUT2D eigenvalue weighted by Crippen LogP contribution is 2.41. The number of fused-ring (bicyclic) bond motifs is 1. The van der Waals surface area contributed by atoms with E-state index in [9.17, 15) is 39.1 Å². The molecule has 4 fully saturated rings. The van der Waals surface area contributed by atoms with E-state index in [1.807, 2.05) is 0 Å². The first-order valence-electron chi connectivity index (χ1n) is 14.7. The summed E-state index contributed by atoms with van der Waals surface area (Å²) in [6.07, 6.45) is -0.328. The number of hydrogen-bond acceptors (Lipinski definition) is 14. The van der Waals surface area contributed by atoms with Crippen LogP contribution in [0, 0.1) is 0 Å². The summed E-state index contributed by atoms with van der Waals surface area (Å²) in [7, 11) is 0. The quantitative estimate of drug-likeness (QED) is 0.0738. The maximum Gasteiger partial charge on any atom is 0.509 e. The average molecular weight is 725 g/mol. The summed E-state index contributed by atoms with van der Waals surface area (Å²) >= 11 is 8.26. The molecule has 0 spiro atoms. The van der Waals surface area contributed by atoms with Gasteiger partial charge in [-0.05, 0) is 37.5 Å². The fraction of sp³-hybridized carbons (Fsp3) is 0.464. The molecule has 3 unspecified atom stereocenters. The third-order valence-electron chi connectivity index (χ3n) is 8.56. The van der Waals surface area contributed by atoms with Crippen molar-refractivity contribution in [2.75, 3.05) is 37.7 Å². The highest BCUT2D eigenvalue weighted by Gasteiger charge is 2.54. The molecular formula is C28H29ClN6O11S2. The van der Waals surface area contributed by atoms with Gasteiger partial charge in [0, 0.05) is 36.5 Å². The second-order valence-corrected chi connectivity index (χ2v) is 14.2. The van der Waals surface area contributed by atoms with Gasteiger partial charge in [-0.1, -0.05) is 16.8 Å². The van der Waals surface area contributed by atoms with Gasteiger partial charge in [0.25, 0.3) is 11.8 Å². The van der Waals surface area contributed by atoms with Gasteiger partial charge < -0.3 is 45.4 Å². The molecule has 1 aromatic heterocycles. The van der Waals surface area contributed by atoms with Gasteiger partial charge in [-0.2, -0.15) is 0 Å². The average Bonchev–Trinajstić information content (AvgIpc) is 3.82. The summed E-state index contributed by atoms with van der Waals surface area (Å²) in [6.45, 7) is 2.42. The number of halogens is 1. The topological polar surface area (TPSA) is 231 Å². The van der Waals surface area contributed by atoms with E-state index in [1.165, 1.54) is 28.8 Å². The molecule has 0 saturated carbocycles. The van der Waals surface area contributed by atoms with Crippen molar-refractivity contribution in [1.82, 2.24) is 20.0 Å². The molecule has 0 aliphatic carbocycles. The highest BCUT2D eigenvalue weighted by molar-refractivity contribution is 8.00. The number of amides is 4. The number of carboxylic acid groups (broad SMARTS) is 1. The zero-order chi connectivity index (χ0) is 34.4. The number of anilines is 1. The van der Waals surface area contributed by atoms with E-state index in [4.69, 9.17) is 31.5 Å². The van der Waals surface area contributed by atoms with Crippen molar-refractivity contribution in [2.24, 2.45) is 5.16 Å². The zero-order valence-corrected chi connectivity index (χ0v) is 27.5. The minimum absolute atomic E-state index is 0.0815. The lowest BCUT2D eigenvalue weighted by atomic mass is 10.0. The number of aliphatic carboxylic acids is 1. The first-order chi connectivity index (χ1) is 22.9. The van der Waals surface area contributed by atoms with E-state index in [-0.39, 0.29) is 57.0 Å². The number of nitrogens with two attached hydrogens (primary N) is 1. The largest absolute Gasteiger partial charge is 0.509 e. The van der Waals surface area contributed by atoms with Crippen LogP contribution >= 0.6 is 34.7 Å². The maximum absolute atomic E-state index is 13.4. The number of nitrogen functional groups attached to an aromatic ring is 1. The predicted octanol–water partition coefficient (Wildman–Crippen LogP) is 1.19. The first kappa shape index (κ1) is 33.4. The summed E-state index contributed by atoms with van der Waals surface area (Å²) in [5.41, 5.74) is 5.69. The molecule has 20 heteroatoms. The molecule has 5 atom stereocenters. The van der Waals surface area contributed by atoms with Gasteiger partial charge in [-0.3, -0.25) is 19.3 Å². The van der Waals surface area contributed by atoms with E-state index < -0.39 is 59.4 Å². The Morgan fingerprint density at radius 3 is 2.67 bits per heavy atom. The third kappa shape index (κ3) is 6.12. The van der Waals surface area contributed by atoms with E-state index in [0.717, 1.165) is 16.2 Å². The molecule has 4 saturated heterocycles. The van der Waals surface area contributed by atoms with Crippen molar-refractivity contribution in [3.63, 3.8) is 0 Å². The second-order valence-electron chi connectivity index (χ2n) is 11.4. The van der Waals surface area contributed by atoms with Crippen LogP contribution in [0.3, 0.4) is 0 Å². The van der Waals surface area contributed by atoms with E-state index >= 15 is 0 Å². The molecule has 5 aliphatic rings. The second kappa shape index (κ2) is 13.2. The van der Waals surface area contributed by atoms with Crippen molar-refractivity contribution in [3.05, 3.63) is 38.9 Å². The number of carboxylic acids is 1. The van der Waals surface area contributed by atoms with Crippen molar-refractivity contribution in [1.29, 1.82) is 0 Å². The van der Waals surface area contributed by atoms with Crippen molar-refractivity contribution >= 4 is 81.4 Å². The molecule has 0 bridgehead atoms. The Morgan fingerprint density at radius 2 is 2.02 bits per heavy atom.